The molecule has 0 radical (unpaired) electrons. The van der Waals surface area contributed by atoms with Crippen LogP contribution in [0.2, 0.25) is 0 Å². The molecular weight excluding hydrogens is 360 g/mol. The third kappa shape index (κ3) is 5.72. The number of aliphatic carboxylic acids is 1. The highest BCUT2D eigenvalue weighted by Gasteiger charge is 2.22. The highest BCUT2D eigenvalue weighted by atomic mass is 16.4. The highest BCUT2D eigenvalue weighted by Crippen LogP contribution is 2.36. The van der Waals surface area contributed by atoms with E-state index in [2.05, 4.69) is 27.7 Å². The molecule has 0 unspecified atom stereocenters. The zero-order chi connectivity index (χ0) is 21.8. The number of carboxylic acids is 1. The number of hydrogen-bond donors (Lipinski definition) is 2. The van der Waals surface area contributed by atoms with Crippen LogP contribution in [0.25, 0.3) is 5.57 Å². The largest absolute Gasteiger partial charge is 0.507 e. The lowest BCUT2D eigenvalue weighted by Gasteiger charge is -2.23. The van der Waals surface area contributed by atoms with Gasteiger partial charge in [0, 0.05) is 6.42 Å². The van der Waals surface area contributed by atoms with Gasteiger partial charge in [-0.25, -0.2) is 4.79 Å². The second kappa shape index (κ2) is 9.30. The molecule has 0 spiro atoms. The number of unbranched alkanes of at least 4 members (excludes halogenated alkanes) is 2. The van der Waals surface area contributed by atoms with Crippen molar-refractivity contribution in [3.05, 3.63) is 69.8 Å². The molecule has 29 heavy (non-hydrogen) atoms. The van der Waals surface area contributed by atoms with Crippen molar-refractivity contribution < 1.29 is 15.0 Å². The maximum Gasteiger partial charge on any atom is 0.335 e. The summed E-state index contributed by atoms with van der Waals surface area (Å²) >= 11 is 0. The minimum absolute atomic E-state index is 0.174. The lowest BCUT2D eigenvalue weighted by molar-refractivity contribution is -0.130. The molecule has 2 rings (SSSR count). The van der Waals surface area contributed by atoms with Crippen LogP contribution in [0.3, 0.4) is 0 Å². The molecule has 0 amide bonds. The molecule has 2 aromatic carbocycles. The van der Waals surface area contributed by atoms with Gasteiger partial charge in [0.15, 0.2) is 0 Å². The molecule has 0 saturated carbocycles. The van der Waals surface area contributed by atoms with Crippen molar-refractivity contribution in [2.24, 2.45) is 0 Å². The standard InChI is InChI=1S/C26H34O3/c1-7-8-9-10-22(25(28)29)21-12-11-17(2)13-19(21)16-20-14-18(3)15-23(24(20)27)26(4,5)6/h10-15,27H,7-9,16H2,1-6H3,(H,28,29). The number of benzene rings is 2. The average Bonchev–Trinajstić information content (AvgIpc) is 2.61. The third-order valence-corrected chi connectivity index (χ3v) is 5.21. The topological polar surface area (TPSA) is 57.5 Å². The Kier molecular flexibility index (Phi) is 7.29. The molecule has 2 aromatic rings. The maximum atomic E-state index is 12.0. The zero-order valence-corrected chi connectivity index (χ0v) is 18.6. The van der Waals surface area contributed by atoms with E-state index in [0.29, 0.717) is 17.7 Å². The quantitative estimate of drug-likeness (QED) is 0.413. The molecule has 0 aliphatic carbocycles. The molecule has 2 N–H and O–H groups in total. The van der Waals surface area contributed by atoms with E-state index < -0.39 is 5.97 Å². The number of hydrogen-bond acceptors (Lipinski definition) is 2. The fourth-order valence-electron chi connectivity index (χ4n) is 3.66. The van der Waals surface area contributed by atoms with E-state index in [1.165, 1.54) is 0 Å². The number of rotatable bonds is 7. The Balaban J connectivity index is 2.57. The van der Waals surface area contributed by atoms with Gasteiger partial charge in [0.2, 0.25) is 0 Å². The van der Waals surface area contributed by atoms with E-state index in [9.17, 15) is 15.0 Å². The van der Waals surface area contributed by atoms with Gasteiger partial charge in [-0.2, -0.15) is 0 Å². The van der Waals surface area contributed by atoms with Gasteiger partial charge in [0.25, 0.3) is 0 Å². The van der Waals surface area contributed by atoms with Gasteiger partial charge >= 0.3 is 5.97 Å². The molecule has 0 bridgehead atoms. The lowest BCUT2D eigenvalue weighted by atomic mass is 9.83. The van der Waals surface area contributed by atoms with Gasteiger partial charge in [-0.1, -0.05) is 88.1 Å². The van der Waals surface area contributed by atoms with E-state index in [4.69, 9.17) is 0 Å². The SMILES string of the molecule is CCCCC=C(C(=O)O)c1ccc(C)cc1Cc1cc(C)cc(C(C)(C)C)c1O. The summed E-state index contributed by atoms with van der Waals surface area (Å²) in [6.07, 6.45) is 5.06. The molecule has 0 heterocycles. The molecule has 0 saturated heterocycles. The van der Waals surface area contributed by atoms with Gasteiger partial charge in [0.05, 0.1) is 5.57 Å². The molecule has 3 heteroatoms. The number of aromatic hydroxyl groups is 1. The summed E-state index contributed by atoms with van der Waals surface area (Å²) in [5, 5.41) is 20.8. The summed E-state index contributed by atoms with van der Waals surface area (Å²) in [6.45, 7) is 12.4. The van der Waals surface area contributed by atoms with E-state index in [1.54, 1.807) is 0 Å². The van der Waals surface area contributed by atoms with Crippen LogP contribution in [-0.4, -0.2) is 16.2 Å². The Morgan fingerprint density at radius 3 is 2.28 bits per heavy atom. The smallest absolute Gasteiger partial charge is 0.335 e. The van der Waals surface area contributed by atoms with Crippen LogP contribution in [0.15, 0.2) is 36.4 Å². The fraction of sp³-hybridized carbons (Fsp3) is 0.423. The minimum Gasteiger partial charge on any atom is -0.507 e. The van der Waals surface area contributed by atoms with Crippen LogP contribution in [0.1, 0.15) is 80.3 Å². The van der Waals surface area contributed by atoms with Crippen molar-refractivity contribution >= 4 is 11.5 Å². The van der Waals surface area contributed by atoms with Crippen molar-refractivity contribution in [2.45, 2.75) is 72.6 Å². The van der Waals surface area contributed by atoms with E-state index in [-0.39, 0.29) is 5.41 Å². The van der Waals surface area contributed by atoms with Crippen molar-refractivity contribution in [3.8, 4) is 5.75 Å². The maximum absolute atomic E-state index is 12.0. The Morgan fingerprint density at radius 1 is 1.03 bits per heavy atom. The first-order chi connectivity index (χ1) is 13.5. The predicted octanol–water partition coefficient (Wildman–Crippen LogP) is 6.56. The van der Waals surface area contributed by atoms with E-state index in [1.807, 2.05) is 50.3 Å². The molecule has 0 aromatic heterocycles. The first kappa shape index (κ1) is 22.7. The summed E-state index contributed by atoms with van der Waals surface area (Å²) in [7, 11) is 0. The number of phenolic OH excluding ortho intramolecular Hbond substituents is 1. The van der Waals surface area contributed by atoms with Gasteiger partial charge in [0.1, 0.15) is 5.75 Å². The fourth-order valence-corrected chi connectivity index (χ4v) is 3.66. The van der Waals surface area contributed by atoms with Crippen molar-refractivity contribution in [1.82, 2.24) is 0 Å². The van der Waals surface area contributed by atoms with Crippen molar-refractivity contribution in [2.75, 3.05) is 0 Å². The Bertz CT molecular complexity index is 914. The first-order valence-electron chi connectivity index (χ1n) is 10.4. The second-order valence-corrected chi connectivity index (χ2v) is 8.97. The Labute approximate surface area is 175 Å². The van der Waals surface area contributed by atoms with Gasteiger partial charge in [-0.15, -0.1) is 0 Å². The summed E-state index contributed by atoms with van der Waals surface area (Å²) in [5.41, 5.74) is 5.75. The second-order valence-electron chi connectivity index (χ2n) is 8.97. The Hall–Kier alpha value is -2.55. The Morgan fingerprint density at radius 2 is 1.69 bits per heavy atom. The number of aryl methyl sites for hydroxylation is 2. The van der Waals surface area contributed by atoms with Crippen LogP contribution >= 0.6 is 0 Å². The molecule has 0 aliphatic heterocycles. The number of carboxylic acid groups (broad SMARTS) is 1. The molecule has 0 fully saturated rings. The van der Waals surface area contributed by atoms with Crippen LogP contribution in [0, 0.1) is 13.8 Å². The predicted molar refractivity (Wildman–Crippen MR) is 121 cm³/mol. The van der Waals surface area contributed by atoms with E-state index in [0.717, 1.165) is 52.6 Å². The van der Waals surface area contributed by atoms with Crippen LogP contribution in [-0.2, 0) is 16.6 Å². The molecule has 3 nitrogen and oxygen atoms in total. The summed E-state index contributed by atoms with van der Waals surface area (Å²) < 4.78 is 0. The van der Waals surface area contributed by atoms with Gasteiger partial charge in [-0.05, 0) is 47.9 Å². The van der Waals surface area contributed by atoms with Crippen LogP contribution < -0.4 is 0 Å². The number of allylic oxidation sites excluding steroid dienone is 1. The van der Waals surface area contributed by atoms with Gasteiger partial charge < -0.3 is 10.2 Å². The van der Waals surface area contributed by atoms with E-state index >= 15 is 0 Å². The summed E-state index contributed by atoms with van der Waals surface area (Å²) in [6, 6.07) is 9.91. The summed E-state index contributed by atoms with van der Waals surface area (Å²) in [5.74, 6) is -0.600. The minimum atomic E-state index is -0.907. The molecular formula is C26H34O3. The molecule has 0 aliphatic rings. The normalized spacial score (nSPS) is 12.3. The monoisotopic (exact) mass is 394 g/mol. The first-order valence-corrected chi connectivity index (χ1v) is 10.4. The average molecular weight is 395 g/mol. The lowest BCUT2D eigenvalue weighted by Crippen LogP contribution is -2.13. The number of carbonyl (C=O) groups is 1. The third-order valence-electron chi connectivity index (χ3n) is 5.21. The highest BCUT2D eigenvalue weighted by molar-refractivity contribution is 6.15. The van der Waals surface area contributed by atoms with Gasteiger partial charge in [-0.3, -0.25) is 0 Å². The van der Waals surface area contributed by atoms with Crippen molar-refractivity contribution in [3.63, 3.8) is 0 Å². The van der Waals surface area contributed by atoms with Crippen LogP contribution in [0.5, 0.6) is 5.75 Å². The molecule has 0 atom stereocenters. The van der Waals surface area contributed by atoms with Crippen LogP contribution in [0.4, 0.5) is 0 Å². The number of phenols is 1. The van der Waals surface area contributed by atoms with Crippen molar-refractivity contribution in [1.29, 1.82) is 0 Å². The molecule has 156 valence electrons. The zero-order valence-electron chi connectivity index (χ0n) is 18.6. The summed E-state index contributed by atoms with van der Waals surface area (Å²) in [4.78, 5) is 12.0.